The van der Waals surface area contributed by atoms with Crippen LogP contribution < -0.4 is 10.1 Å². The Hall–Kier alpha value is -2.75. The van der Waals surface area contributed by atoms with Crippen LogP contribution in [0, 0.1) is 5.92 Å². The number of hydrogen-bond donors (Lipinski definition) is 2. The zero-order chi connectivity index (χ0) is 17.4. The maximum Gasteiger partial charge on any atom is 0.336 e. The maximum atomic E-state index is 11.7. The molecule has 0 bridgehead atoms. The highest BCUT2D eigenvalue weighted by molar-refractivity contribution is 5.89. The zero-order valence-electron chi connectivity index (χ0n) is 14.1. The average molecular weight is 335 g/mol. The standard InChI is InChI=1S/C21H21NO3/c1-2-25-13-10-11-19-18(12-13)14-8-5-9-15(14)20(22-19)16-6-3-4-7-17(16)21(23)24/h3-8,10-12,14-15,20,22H,2,9H2,1H3,(H,23,24)/t14-,15+,20-/m1/s1. The van der Waals surface area contributed by atoms with Crippen LogP contribution >= 0.6 is 0 Å². The Bertz CT molecular complexity index is 843. The summed E-state index contributed by atoms with van der Waals surface area (Å²) in [6, 6.07) is 13.4. The smallest absolute Gasteiger partial charge is 0.336 e. The van der Waals surface area contributed by atoms with Crippen LogP contribution in [0.1, 0.15) is 46.8 Å². The van der Waals surface area contributed by atoms with Crippen molar-refractivity contribution in [1.82, 2.24) is 0 Å². The lowest BCUT2D eigenvalue weighted by molar-refractivity contribution is 0.0694. The molecule has 2 aromatic carbocycles. The number of benzene rings is 2. The number of allylic oxidation sites excluding steroid dienone is 2. The summed E-state index contributed by atoms with van der Waals surface area (Å²) in [5.74, 6) is 0.595. The molecule has 0 radical (unpaired) electrons. The number of hydrogen-bond acceptors (Lipinski definition) is 3. The van der Waals surface area contributed by atoms with E-state index in [0.29, 0.717) is 18.1 Å². The van der Waals surface area contributed by atoms with Crippen molar-refractivity contribution in [2.75, 3.05) is 11.9 Å². The second-order valence-electron chi connectivity index (χ2n) is 6.55. The van der Waals surface area contributed by atoms with Gasteiger partial charge < -0.3 is 15.2 Å². The molecule has 4 nitrogen and oxygen atoms in total. The van der Waals surface area contributed by atoms with Gasteiger partial charge in [0.1, 0.15) is 5.75 Å². The first-order valence-electron chi connectivity index (χ1n) is 8.71. The first-order chi connectivity index (χ1) is 12.2. The van der Waals surface area contributed by atoms with Gasteiger partial charge in [0.15, 0.2) is 0 Å². The fourth-order valence-electron chi connectivity index (χ4n) is 4.10. The molecule has 1 aliphatic heterocycles. The fourth-order valence-corrected chi connectivity index (χ4v) is 4.10. The second kappa shape index (κ2) is 6.28. The Labute approximate surface area is 147 Å². The van der Waals surface area contributed by atoms with Crippen molar-refractivity contribution in [1.29, 1.82) is 0 Å². The molecule has 0 saturated heterocycles. The average Bonchev–Trinajstić information content (AvgIpc) is 3.11. The normalized spacial score (nSPS) is 23.5. The lowest BCUT2D eigenvalue weighted by atomic mass is 9.76. The first-order valence-corrected chi connectivity index (χ1v) is 8.71. The van der Waals surface area contributed by atoms with Crippen molar-refractivity contribution in [3.8, 4) is 5.75 Å². The van der Waals surface area contributed by atoms with E-state index in [2.05, 4.69) is 23.5 Å². The van der Waals surface area contributed by atoms with Gasteiger partial charge in [0.05, 0.1) is 18.2 Å². The first kappa shape index (κ1) is 15.8. The second-order valence-corrected chi connectivity index (χ2v) is 6.55. The molecule has 0 amide bonds. The van der Waals surface area contributed by atoms with Crippen LogP contribution in [0.25, 0.3) is 0 Å². The molecule has 0 fully saturated rings. The summed E-state index contributed by atoms with van der Waals surface area (Å²) < 4.78 is 5.65. The Balaban J connectivity index is 1.77. The molecule has 0 saturated carbocycles. The Morgan fingerprint density at radius 1 is 1.24 bits per heavy atom. The minimum absolute atomic E-state index is 0.0160. The van der Waals surface area contributed by atoms with Crippen molar-refractivity contribution in [2.45, 2.75) is 25.3 Å². The molecule has 25 heavy (non-hydrogen) atoms. The summed E-state index contributed by atoms with van der Waals surface area (Å²) in [5.41, 5.74) is 3.52. The van der Waals surface area contributed by atoms with Crippen molar-refractivity contribution >= 4 is 11.7 Å². The van der Waals surface area contributed by atoms with Crippen LogP contribution in [0.5, 0.6) is 5.75 Å². The summed E-state index contributed by atoms with van der Waals surface area (Å²) in [6.07, 6.45) is 5.39. The number of nitrogens with one attached hydrogen (secondary N) is 1. The summed E-state index contributed by atoms with van der Waals surface area (Å²) in [6.45, 7) is 2.62. The molecule has 1 aliphatic carbocycles. The number of aromatic carboxylic acids is 1. The number of rotatable bonds is 4. The van der Waals surface area contributed by atoms with Crippen LogP contribution in [0.15, 0.2) is 54.6 Å². The van der Waals surface area contributed by atoms with Gasteiger partial charge in [-0.2, -0.15) is 0 Å². The van der Waals surface area contributed by atoms with Gasteiger partial charge in [0, 0.05) is 11.6 Å². The van der Waals surface area contributed by atoms with Crippen LogP contribution in [0.2, 0.25) is 0 Å². The number of carbonyl (C=O) groups is 1. The number of carboxylic acids is 1. The fraction of sp³-hybridized carbons (Fsp3) is 0.286. The SMILES string of the molecule is CCOc1ccc2c(c1)[C@@H]1C=CC[C@@H]1[C@H](c1ccccc1C(=O)O)N2. The van der Waals surface area contributed by atoms with Crippen molar-refractivity contribution in [3.63, 3.8) is 0 Å². The van der Waals surface area contributed by atoms with Crippen LogP contribution in [0.3, 0.4) is 0 Å². The van der Waals surface area contributed by atoms with Gasteiger partial charge in [-0.25, -0.2) is 4.79 Å². The lowest BCUT2D eigenvalue weighted by Gasteiger charge is -2.38. The largest absolute Gasteiger partial charge is 0.494 e. The Morgan fingerprint density at radius 3 is 2.88 bits per heavy atom. The Morgan fingerprint density at radius 2 is 2.08 bits per heavy atom. The summed E-state index contributed by atoms with van der Waals surface area (Å²) in [4.78, 5) is 11.7. The quantitative estimate of drug-likeness (QED) is 0.801. The molecule has 3 atom stereocenters. The van der Waals surface area contributed by atoms with E-state index in [4.69, 9.17) is 4.74 Å². The molecule has 128 valence electrons. The minimum Gasteiger partial charge on any atom is -0.494 e. The van der Waals surface area contributed by atoms with Gasteiger partial charge in [0.25, 0.3) is 0 Å². The number of fused-ring (bicyclic) bond motifs is 3. The van der Waals surface area contributed by atoms with E-state index < -0.39 is 5.97 Å². The third kappa shape index (κ3) is 2.68. The topological polar surface area (TPSA) is 58.6 Å². The predicted molar refractivity (Wildman–Crippen MR) is 97.4 cm³/mol. The molecular formula is C21H21NO3. The minimum atomic E-state index is -0.877. The number of carboxylic acid groups (broad SMARTS) is 1. The monoisotopic (exact) mass is 335 g/mol. The van der Waals surface area contributed by atoms with E-state index >= 15 is 0 Å². The van der Waals surface area contributed by atoms with E-state index in [-0.39, 0.29) is 12.0 Å². The van der Waals surface area contributed by atoms with Gasteiger partial charge in [-0.05, 0) is 54.7 Å². The molecule has 0 aromatic heterocycles. The van der Waals surface area contributed by atoms with E-state index in [1.807, 2.05) is 31.2 Å². The van der Waals surface area contributed by atoms with Gasteiger partial charge in [-0.1, -0.05) is 30.4 Å². The molecule has 2 N–H and O–H groups in total. The summed E-state index contributed by atoms with van der Waals surface area (Å²) in [7, 11) is 0. The highest BCUT2D eigenvalue weighted by Gasteiger charge is 2.39. The van der Waals surface area contributed by atoms with Gasteiger partial charge in [0.2, 0.25) is 0 Å². The number of anilines is 1. The molecule has 2 aliphatic rings. The maximum absolute atomic E-state index is 11.7. The third-order valence-corrected chi connectivity index (χ3v) is 5.17. The zero-order valence-corrected chi connectivity index (χ0v) is 14.1. The predicted octanol–water partition coefficient (Wildman–Crippen LogP) is 4.61. The summed E-state index contributed by atoms with van der Waals surface area (Å²) in [5, 5.41) is 13.2. The molecule has 1 heterocycles. The van der Waals surface area contributed by atoms with Gasteiger partial charge in [-0.15, -0.1) is 0 Å². The molecule has 2 aromatic rings. The van der Waals surface area contributed by atoms with Crippen LogP contribution in [-0.4, -0.2) is 17.7 Å². The van der Waals surface area contributed by atoms with E-state index in [9.17, 15) is 9.90 Å². The molecule has 0 spiro atoms. The van der Waals surface area contributed by atoms with Crippen molar-refractivity contribution < 1.29 is 14.6 Å². The third-order valence-electron chi connectivity index (χ3n) is 5.17. The van der Waals surface area contributed by atoms with Crippen LogP contribution in [0.4, 0.5) is 5.69 Å². The van der Waals surface area contributed by atoms with Crippen molar-refractivity contribution in [2.24, 2.45) is 5.92 Å². The van der Waals surface area contributed by atoms with Crippen molar-refractivity contribution in [3.05, 3.63) is 71.3 Å². The van der Waals surface area contributed by atoms with E-state index in [0.717, 1.165) is 23.4 Å². The van der Waals surface area contributed by atoms with Gasteiger partial charge in [-0.3, -0.25) is 0 Å². The highest BCUT2D eigenvalue weighted by Crippen LogP contribution is 2.50. The van der Waals surface area contributed by atoms with E-state index in [1.54, 1.807) is 12.1 Å². The molecule has 0 unspecified atom stereocenters. The van der Waals surface area contributed by atoms with Gasteiger partial charge >= 0.3 is 5.97 Å². The number of ether oxygens (including phenoxy) is 1. The lowest BCUT2D eigenvalue weighted by Crippen LogP contribution is -2.30. The molecular weight excluding hydrogens is 314 g/mol. The summed E-state index contributed by atoms with van der Waals surface area (Å²) >= 11 is 0. The highest BCUT2D eigenvalue weighted by atomic mass is 16.5. The molecule has 4 rings (SSSR count). The van der Waals surface area contributed by atoms with E-state index in [1.165, 1.54) is 5.56 Å². The Kier molecular flexibility index (Phi) is 3.96. The van der Waals surface area contributed by atoms with Crippen LogP contribution in [-0.2, 0) is 0 Å². The molecule has 4 heteroatoms.